The zero-order chi connectivity index (χ0) is 13.6. The van der Waals surface area contributed by atoms with E-state index >= 15 is 0 Å². The van der Waals surface area contributed by atoms with Crippen LogP contribution in [0.3, 0.4) is 0 Å². The number of carbonyl (C=O) groups excluding carboxylic acids is 1. The average molecular weight is 273 g/mol. The molecule has 0 amide bonds. The molecular formula is C14H27NO2S. The van der Waals surface area contributed by atoms with E-state index in [1.807, 2.05) is 11.8 Å². The molecule has 3 nitrogen and oxygen atoms in total. The number of nitrogens with one attached hydrogen (secondary N) is 1. The number of carbonyl (C=O) groups is 1. The van der Waals surface area contributed by atoms with Gasteiger partial charge >= 0.3 is 5.97 Å². The molecule has 0 aromatic rings. The van der Waals surface area contributed by atoms with E-state index in [0.717, 1.165) is 12.3 Å². The lowest BCUT2D eigenvalue weighted by atomic mass is 10.1. The topological polar surface area (TPSA) is 38.3 Å². The third kappa shape index (κ3) is 5.61. The number of rotatable bonds is 9. The molecule has 0 spiro atoms. The van der Waals surface area contributed by atoms with Gasteiger partial charge < -0.3 is 10.1 Å². The molecule has 0 aromatic heterocycles. The molecule has 1 aliphatic carbocycles. The minimum atomic E-state index is -0.0539. The summed E-state index contributed by atoms with van der Waals surface area (Å²) in [6.07, 6.45) is 4.16. The van der Waals surface area contributed by atoms with Gasteiger partial charge in [-0.2, -0.15) is 11.8 Å². The van der Waals surface area contributed by atoms with Gasteiger partial charge in [-0.3, -0.25) is 4.79 Å². The Labute approximate surface area is 115 Å². The van der Waals surface area contributed by atoms with Crippen molar-refractivity contribution in [3.8, 4) is 0 Å². The number of hydrogen-bond donors (Lipinski definition) is 1. The first-order chi connectivity index (χ1) is 8.51. The second-order valence-corrected chi connectivity index (χ2v) is 7.00. The maximum Gasteiger partial charge on any atom is 0.306 e. The standard InChI is InChI=1S/C14H27NO2S/c1-5-15-11(2)8-12(3)18-10-14(6-7-14)9-13(16)17-4/h11-12,15H,5-10H2,1-4H3. The molecule has 1 aliphatic rings. The fraction of sp³-hybridized carbons (Fsp3) is 0.929. The highest BCUT2D eigenvalue weighted by atomic mass is 32.2. The summed E-state index contributed by atoms with van der Waals surface area (Å²) in [6, 6.07) is 0.577. The summed E-state index contributed by atoms with van der Waals surface area (Å²) in [5.74, 6) is 1.05. The van der Waals surface area contributed by atoms with Crippen molar-refractivity contribution in [3.63, 3.8) is 0 Å². The number of hydrogen-bond acceptors (Lipinski definition) is 4. The molecule has 106 valence electrons. The predicted molar refractivity (Wildman–Crippen MR) is 78.0 cm³/mol. The molecule has 4 heteroatoms. The van der Waals surface area contributed by atoms with E-state index in [2.05, 4.69) is 26.1 Å². The van der Waals surface area contributed by atoms with Gasteiger partial charge in [0, 0.05) is 11.3 Å². The summed E-state index contributed by atoms with van der Waals surface area (Å²) in [6.45, 7) is 7.70. The third-order valence-corrected chi connectivity index (χ3v) is 5.16. The normalized spacial score (nSPS) is 20.2. The van der Waals surface area contributed by atoms with Crippen LogP contribution >= 0.6 is 11.8 Å². The first kappa shape index (κ1) is 15.8. The molecular weight excluding hydrogens is 246 g/mol. The van der Waals surface area contributed by atoms with Gasteiger partial charge in [-0.1, -0.05) is 13.8 Å². The van der Waals surface area contributed by atoms with Crippen LogP contribution in [0.5, 0.6) is 0 Å². The van der Waals surface area contributed by atoms with Crippen molar-refractivity contribution in [2.75, 3.05) is 19.4 Å². The maximum atomic E-state index is 11.3. The van der Waals surface area contributed by atoms with E-state index in [-0.39, 0.29) is 11.4 Å². The van der Waals surface area contributed by atoms with Gasteiger partial charge in [-0.15, -0.1) is 0 Å². The van der Waals surface area contributed by atoms with Crippen LogP contribution in [0.4, 0.5) is 0 Å². The first-order valence-corrected chi connectivity index (χ1v) is 7.98. The Morgan fingerprint density at radius 2 is 2.11 bits per heavy atom. The molecule has 0 saturated heterocycles. The van der Waals surface area contributed by atoms with E-state index in [1.54, 1.807) is 0 Å². The fourth-order valence-corrected chi connectivity index (χ4v) is 3.70. The lowest BCUT2D eigenvalue weighted by Crippen LogP contribution is -2.28. The summed E-state index contributed by atoms with van der Waals surface area (Å²) >= 11 is 2.00. The van der Waals surface area contributed by atoms with E-state index in [4.69, 9.17) is 4.74 Å². The lowest BCUT2D eigenvalue weighted by Gasteiger charge is -2.20. The molecule has 1 N–H and O–H groups in total. The van der Waals surface area contributed by atoms with Crippen molar-refractivity contribution in [2.24, 2.45) is 5.41 Å². The summed E-state index contributed by atoms with van der Waals surface area (Å²) in [5.41, 5.74) is 0.257. The minimum absolute atomic E-state index is 0.0539. The lowest BCUT2D eigenvalue weighted by molar-refractivity contribution is -0.141. The number of thioether (sulfide) groups is 1. The van der Waals surface area contributed by atoms with E-state index in [0.29, 0.717) is 17.7 Å². The Bertz CT molecular complexity index is 267. The van der Waals surface area contributed by atoms with Crippen molar-refractivity contribution in [2.45, 2.75) is 57.7 Å². The van der Waals surface area contributed by atoms with E-state index < -0.39 is 0 Å². The number of esters is 1. The Morgan fingerprint density at radius 1 is 1.44 bits per heavy atom. The van der Waals surface area contributed by atoms with E-state index in [9.17, 15) is 4.79 Å². The monoisotopic (exact) mass is 273 g/mol. The van der Waals surface area contributed by atoms with Gasteiger partial charge in [0.15, 0.2) is 0 Å². The van der Waals surface area contributed by atoms with Gasteiger partial charge in [-0.25, -0.2) is 0 Å². The van der Waals surface area contributed by atoms with Crippen molar-refractivity contribution < 1.29 is 9.53 Å². The summed E-state index contributed by atoms with van der Waals surface area (Å²) in [4.78, 5) is 11.3. The molecule has 0 radical (unpaired) electrons. The SMILES string of the molecule is CCNC(C)CC(C)SCC1(CC(=O)OC)CC1. The quantitative estimate of drug-likeness (QED) is 0.656. The Kier molecular flexibility index (Phi) is 6.50. The van der Waals surface area contributed by atoms with Gasteiger partial charge in [-0.05, 0) is 43.9 Å². The largest absolute Gasteiger partial charge is 0.469 e. The number of ether oxygens (including phenoxy) is 1. The van der Waals surface area contributed by atoms with Crippen LogP contribution in [0.25, 0.3) is 0 Å². The second-order valence-electron chi connectivity index (χ2n) is 5.57. The van der Waals surface area contributed by atoms with Crippen LogP contribution in [0, 0.1) is 5.41 Å². The summed E-state index contributed by atoms with van der Waals surface area (Å²) in [7, 11) is 1.48. The smallest absolute Gasteiger partial charge is 0.306 e. The molecule has 0 bridgehead atoms. The Morgan fingerprint density at radius 3 is 2.61 bits per heavy atom. The van der Waals surface area contributed by atoms with Crippen LogP contribution in [0.2, 0.25) is 0 Å². The fourth-order valence-electron chi connectivity index (χ4n) is 2.24. The second kappa shape index (κ2) is 7.39. The zero-order valence-electron chi connectivity index (χ0n) is 12.1. The molecule has 0 aromatic carbocycles. The minimum Gasteiger partial charge on any atom is -0.469 e. The molecule has 0 heterocycles. The molecule has 1 rings (SSSR count). The van der Waals surface area contributed by atoms with Crippen LogP contribution < -0.4 is 5.32 Å². The molecule has 2 unspecified atom stereocenters. The first-order valence-electron chi connectivity index (χ1n) is 6.93. The Balaban J connectivity index is 2.21. The van der Waals surface area contributed by atoms with Gasteiger partial charge in [0.2, 0.25) is 0 Å². The summed E-state index contributed by atoms with van der Waals surface area (Å²) < 4.78 is 4.77. The van der Waals surface area contributed by atoms with Gasteiger partial charge in [0.05, 0.1) is 13.5 Å². The van der Waals surface area contributed by atoms with Crippen LogP contribution in [-0.2, 0) is 9.53 Å². The van der Waals surface area contributed by atoms with Crippen molar-refractivity contribution in [1.29, 1.82) is 0 Å². The number of methoxy groups -OCH3 is 1. The van der Waals surface area contributed by atoms with Gasteiger partial charge in [0.1, 0.15) is 0 Å². The van der Waals surface area contributed by atoms with Crippen molar-refractivity contribution in [3.05, 3.63) is 0 Å². The molecule has 1 fully saturated rings. The molecule has 18 heavy (non-hydrogen) atoms. The van der Waals surface area contributed by atoms with Crippen molar-refractivity contribution in [1.82, 2.24) is 5.32 Å². The zero-order valence-corrected chi connectivity index (χ0v) is 12.9. The predicted octanol–water partition coefficient (Wildman–Crippen LogP) is 2.84. The maximum absolute atomic E-state index is 11.3. The highest BCUT2D eigenvalue weighted by Crippen LogP contribution is 2.51. The summed E-state index contributed by atoms with van der Waals surface area (Å²) in [5, 5.41) is 4.09. The third-order valence-electron chi connectivity index (χ3n) is 3.62. The molecule has 2 atom stereocenters. The van der Waals surface area contributed by atoms with Crippen LogP contribution in [0.1, 0.15) is 46.5 Å². The average Bonchev–Trinajstić information content (AvgIpc) is 3.07. The highest BCUT2D eigenvalue weighted by molar-refractivity contribution is 7.99. The van der Waals surface area contributed by atoms with E-state index in [1.165, 1.54) is 26.4 Å². The Hall–Kier alpha value is -0.220. The highest BCUT2D eigenvalue weighted by Gasteiger charge is 2.44. The molecule has 0 aliphatic heterocycles. The van der Waals surface area contributed by atoms with Crippen LogP contribution in [-0.4, -0.2) is 36.7 Å². The van der Waals surface area contributed by atoms with Crippen LogP contribution in [0.15, 0.2) is 0 Å². The molecule has 1 saturated carbocycles. The van der Waals surface area contributed by atoms with Crippen molar-refractivity contribution >= 4 is 17.7 Å². The van der Waals surface area contributed by atoms with Gasteiger partial charge in [0.25, 0.3) is 0 Å².